The Balaban J connectivity index is 1.61. The molecule has 6 heteroatoms. The van der Waals surface area contributed by atoms with Gasteiger partial charge in [-0.15, -0.1) is 11.3 Å². The minimum Gasteiger partial charge on any atom is -0.490 e. The van der Waals surface area contributed by atoms with Crippen molar-refractivity contribution in [2.24, 2.45) is 5.92 Å². The molecule has 24 heavy (non-hydrogen) atoms. The molecule has 1 fully saturated rings. The summed E-state index contributed by atoms with van der Waals surface area (Å²) in [6.07, 6.45) is 1.92. The fourth-order valence-corrected chi connectivity index (χ4v) is 3.92. The highest BCUT2D eigenvalue weighted by Gasteiger charge is 2.27. The number of piperidine rings is 1. The van der Waals surface area contributed by atoms with Crippen molar-refractivity contribution in [2.45, 2.75) is 26.7 Å². The number of rotatable bonds is 4. The van der Waals surface area contributed by atoms with Crippen LogP contribution in [0.5, 0.6) is 5.75 Å². The first-order chi connectivity index (χ1) is 11.5. The van der Waals surface area contributed by atoms with E-state index < -0.39 is 0 Å². The van der Waals surface area contributed by atoms with Crippen molar-refractivity contribution in [2.75, 3.05) is 19.7 Å². The van der Waals surface area contributed by atoms with E-state index in [-0.39, 0.29) is 23.4 Å². The Kier molecular flexibility index (Phi) is 5.14. The smallest absolute Gasteiger partial charge is 0.265 e. The molecule has 1 aromatic carbocycles. The normalized spacial score (nSPS) is 17.8. The van der Waals surface area contributed by atoms with Crippen molar-refractivity contribution in [3.8, 4) is 5.75 Å². The second-order valence-corrected chi connectivity index (χ2v) is 7.35. The maximum absolute atomic E-state index is 13.6. The van der Waals surface area contributed by atoms with Crippen molar-refractivity contribution in [1.29, 1.82) is 0 Å². The molecule has 1 unspecified atom stereocenters. The van der Waals surface area contributed by atoms with Crippen LogP contribution in [-0.4, -0.2) is 35.5 Å². The Labute approximate surface area is 145 Å². The van der Waals surface area contributed by atoms with E-state index in [0.29, 0.717) is 13.2 Å². The standard InChI is InChI=1S/C18H21FN2O2S/c1-12-17(24-13(2)20-12)18(22)21-9-5-6-14(10-21)11-23-16-8-4-3-7-15(16)19/h3-4,7-8,14H,5-6,9-11H2,1-2H3. The first-order valence-electron chi connectivity index (χ1n) is 8.15. The number of aromatic nitrogens is 1. The summed E-state index contributed by atoms with van der Waals surface area (Å²) < 4.78 is 19.2. The van der Waals surface area contributed by atoms with Crippen molar-refractivity contribution < 1.29 is 13.9 Å². The molecule has 2 aromatic rings. The Morgan fingerprint density at radius 3 is 2.92 bits per heavy atom. The van der Waals surface area contributed by atoms with E-state index in [1.54, 1.807) is 18.2 Å². The lowest BCUT2D eigenvalue weighted by molar-refractivity contribution is 0.0635. The van der Waals surface area contributed by atoms with Gasteiger partial charge in [0, 0.05) is 19.0 Å². The van der Waals surface area contributed by atoms with Crippen LogP contribution < -0.4 is 4.74 Å². The number of carbonyl (C=O) groups is 1. The topological polar surface area (TPSA) is 42.4 Å². The summed E-state index contributed by atoms with van der Waals surface area (Å²) in [5.74, 6) is 0.192. The number of benzene rings is 1. The number of aryl methyl sites for hydroxylation is 2. The van der Waals surface area contributed by atoms with Gasteiger partial charge in [-0.3, -0.25) is 4.79 Å². The highest BCUT2D eigenvalue weighted by molar-refractivity contribution is 7.13. The number of likely N-dealkylation sites (tertiary alicyclic amines) is 1. The fraction of sp³-hybridized carbons (Fsp3) is 0.444. The number of para-hydroxylation sites is 1. The van der Waals surface area contributed by atoms with Crippen LogP contribution in [0.4, 0.5) is 4.39 Å². The average Bonchev–Trinajstić information content (AvgIpc) is 2.92. The van der Waals surface area contributed by atoms with Gasteiger partial charge in [-0.1, -0.05) is 12.1 Å². The Morgan fingerprint density at radius 1 is 1.42 bits per heavy atom. The molecule has 0 N–H and O–H groups in total. The maximum Gasteiger partial charge on any atom is 0.265 e. The molecule has 1 aliphatic heterocycles. The second kappa shape index (κ2) is 7.30. The number of thiazole rings is 1. The molecule has 1 amide bonds. The lowest BCUT2D eigenvalue weighted by Gasteiger charge is -2.32. The van der Waals surface area contributed by atoms with Crippen LogP contribution in [0.1, 0.15) is 33.2 Å². The van der Waals surface area contributed by atoms with Gasteiger partial charge in [0.25, 0.3) is 5.91 Å². The van der Waals surface area contributed by atoms with Crippen LogP contribution in [0.15, 0.2) is 24.3 Å². The van der Waals surface area contributed by atoms with Crippen LogP contribution in [0.25, 0.3) is 0 Å². The summed E-state index contributed by atoms with van der Waals surface area (Å²) in [7, 11) is 0. The van der Waals surface area contributed by atoms with E-state index in [1.807, 2.05) is 18.7 Å². The van der Waals surface area contributed by atoms with E-state index in [2.05, 4.69) is 4.98 Å². The highest BCUT2D eigenvalue weighted by Crippen LogP contribution is 2.24. The van der Waals surface area contributed by atoms with Gasteiger partial charge in [-0.2, -0.15) is 0 Å². The molecule has 0 saturated carbocycles. The Bertz CT molecular complexity index is 732. The third-order valence-corrected chi connectivity index (χ3v) is 5.28. The zero-order valence-electron chi connectivity index (χ0n) is 13.9. The van der Waals surface area contributed by atoms with Gasteiger partial charge in [0.15, 0.2) is 11.6 Å². The van der Waals surface area contributed by atoms with E-state index >= 15 is 0 Å². The van der Waals surface area contributed by atoms with Gasteiger partial charge in [-0.25, -0.2) is 9.37 Å². The number of halogens is 1. The van der Waals surface area contributed by atoms with Gasteiger partial charge in [0.05, 0.1) is 17.3 Å². The maximum atomic E-state index is 13.6. The van der Waals surface area contributed by atoms with Crippen molar-refractivity contribution in [3.63, 3.8) is 0 Å². The predicted molar refractivity (Wildman–Crippen MR) is 92.1 cm³/mol. The summed E-state index contributed by atoms with van der Waals surface area (Å²) in [5.41, 5.74) is 0.798. The van der Waals surface area contributed by atoms with Gasteiger partial charge in [0.1, 0.15) is 4.88 Å². The first kappa shape index (κ1) is 16.9. The minimum absolute atomic E-state index is 0.0497. The number of amides is 1. The molecule has 3 rings (SSSR count). The molecule has 2 heterocycles. The zero-order chi connectivity index (χ0) is 17.1. The predicted octanol–water partition coefficient (Wildman–Crippen LogP) is 3.83. The van der Waals surface area contributed by atoms with Crippen LogP contribution in [-0.2, 0) is 0 Å². The third kappa shape index (κ3) is 3.75. The molecular weight excluding hydrogens is 327 g/mol. The third-order valence-electron chi connectivity index (χ3n) is 4.22. The lowest BCUT2D eigenvalue weighted by Crippen LogP contribution is -2.41. The summed E-state index contributed by atoms with van der Waals surface area (Å²) in [6.45, 7) is 5.61. The van der Waals surface area contributed by atoms with Gasteiger partial charge in [-0.05, 0) is 38.8 Å². The van der Waals surface area contributed by atoms with E-state index in [4.69, 9.17) is 4.74 Å². The summed E-state index contributed by atoms with van der Waals surface area (Å²) in [6, 6.07) is 6.41. The van der Waals surface area contributed by atoms with Crippen molar-refractivity contribution in [1.82, 2.24) is 9.88 Å². The quantitative estimate of drug-likeness (QED) is 0.843. The number of carbonyl (C=O) groups excluding carboxylic acids is 1. The van der Waals surface area contributed by atoms with Crippen molar-refractivity contribution >= 4 is 17.2 Å². The summed E-state index contributed by atoms with van der Waals surface area (Å²) in [4.78, 5) is 19.6. The minimum atomic E-state index is -0.350. The fourth-order valence-electron chi connectivity index (χ4n) is 3.03. The van der Waals surface area contributed by atoms with E-state index in [0.717, 1.165) is 35.0 Å². The SMILES string of the molecule is Cc1nc(C)c(C(=O)N2CCCC(COc3ccccc3F)C2)s1. The monoisotopic (exact) mass is 348 g/mol. The molecule has 0 spiro atoms. The Hall–Kier alpha value is -1.95. The number of hydrogen-bond acceptors (Lipinski definition) is 4. The molecule has 1 saturated heterocycles. The molecule has 128 valence electrons. The number of nitrogens with zero attached hydrogens (tertiary/aromatic N) is 2. The largest absolute Gasteiger partial charge is 0.490 e. The molecule has 1 atom stereocenters. The zero-order valence-corrected chi connectivity index (χ0v) is 14.7. The number of ether oxygens (including phenoxy) is 1. The van der Waals surface area contributed by atoms with Crippen LogP contribution in [0.3, 0.4) is 0 Å². The molecule has 1 aliphatic rings. The first-order valence-corrected chi connectivity index (χ1v) is 8.97. The van der Waals surface area contributed by atoms with Gasteiger partial charge < -0.3 is 9.64 Å². The molecule has 0 aliphatic carbocycles. The highest BCUT2D eigenvalue weighted by atomic mass is 32.1. The van der Waals surface area contributed by atoms with Gasteiger partial charge in [0.2, 0.25) is 0 Å². The van der Waals surface area contributed by atoms with E-state index in [1.165, 1.54) is 17.4 Å². The second-order valence-electron chi connectivity index (χ2n) is 6.15. The molecule has 4 nitrogen and oxygen atoms in total. The van der Waals surface area contributed by atoms with Crippen LogP contribution >= 0.6 is 11.3 Å². The van der Waals surface area contributed by atoms with Crippen LogP contribution in [0, 0.1) is 25.6 Å². The summed E-state index contributed by atoms with van der Waals surface area (Å²) in [5, 5.41) is 0.910. The van der Waals surface area contributed by atoms with Gasteiger partial charge >= 0.3 is 0 Å². The van der Waals surface area contributed by atoms with Crippen molar-refractivity contribution in [3.05, 3.63) is 45.7 Å². The number of hydrogen-bond donors (Lipinski definition) is 0. The summed E-state index contributed by atoms with van der Waals surface area (Å²) >= 11 is 1.45. The molecule has 1 aromatic heterocycles. The average molecular weight is 348 g/mol. The molecular formula is C18H21FN2O2S. The Morgan fingerprint density at radius 2 is 2.21 bits per heavy atom. The molecule has 0 radical (unpaired) electrons. The molecule has 0 bridgehead atoms. The lowest BCUT2D eigenvalue weighted by atomic mass is 9.98. The van der Waals surface area contributed by atoms with Crippen LogP contribution in [0.2, 0.25) is 0 Å². The van der Waals surface area contributed by atoms with E-state index in [9.17, 15) is 9.18 Å².